The van der Waals surface area contributed by atoms with Crippen LogP contribution < -0.4 is 10.6 Å². The predicted molar refractivity (Wildman–Crippen MR) is 82.0 cm³/mol. The fraction of sp³-hybridized carbons (Fsp3) is 0.333. The Labute approximate surface area is 140 Å². The summed E-state index contributed by atoms with van der Waals surface area (Å²) >= 11 is 0. The molecule has 0 amide bonds. The van der Waals surface area contributed by atoms with Gasteiger partial charge in [0, 0.05) is 26.0 Å². The monoisotopic (exact) mass is 361 g/mol. The maximum Gasteiger partial charge on any atom is 0.416 e. The minimum atomic E-state index is -4.41. The molecule has 0 radical (unpaired) electrons. The Balaban J connectivity index is 1.94. The number of halogens is 5. The summed E-state index contributed by atoms with van der Waals surface area (Å²) < 4.78 is 64.2. The highest BCUT2D eigenvalue weighted by Gasteiger charge is 2.30. The van der Waals surface area contributed by atoms with E-state index < -0.39 is 18.3 Å². The van der Waals surface area contributed by atoms with Gasteiger partial charge in [-0.2, -0.15) is 22.0 Å². The normalized spacial score (nSPS) is 12.5. The van der Waals surface area contributed by atoms with Crippen LogP contribution in [-0.4, -0.2) is 22.6 Å². The van der Waals surface area contributed by atoms with E-state index in [9.17, 15) is 22.0 Å². The zero-order valence-corrected chi connectivity index (χ0v) is 13.2. The third kappa shape index (κ3) is 5.16. The molecule has 2 N–H and O–H groups in total. The van der Waals surface area contributed by atoms with Gasteiger partial charge in [0.15, 0.2) is 5.96 Å². The summed E-state index contributed by atoms with van der Waals surface area (Å²) in [6, 6.07) is 4.87. The Morgan fingerprint density at radius 3 is 2.60 bits per heavy atom. The van der Waals surface area contributed by atoms with Crippen LogP contribution in [0.25, 0.3) is 0 Å². The Morgan fingerprint density at radius 2 is 1.96 bits per heavy atom. The number of imidazole rings is 1. The second kappa shape index (κ2) is 7.95. The molecule has 25 heavy (non-hydrogen) atoms. The molecule has 0 spiro atoms. The zero-order chi connectivity index (χ0) is 18.4. The molecular formula is C15H16F5N5. The van der Waals surface area contributed by atoms with Gasteiger partial charge in [0.1, 0.15) is 5.82 Å². The standard InChI is InChI=1S/C15H16F5N5/c1-21-14(24-9-12-22-5-6-25(12)13(16)17)23-8-10-3-2-4-11(7-10)15(18,19)20/h2-7,13H,8-9H2,1H3,(H2,21,23,24). The molecule has 1 heterocycles. The molecule has 0 fully saturated rings. The van der Waals surface area contributed by atoms with Gasteiger partial charge in [0.25, 0.3) is 0 Å². The topological polar surface area (TPSA) is 54.2 Å². The number of nitrogens with zero attached hydrogens (tertiary/aromatic N) is 3. The number of guanidine groups is 1. The largest absolute Gasteiger partial charge is 0.416 e. The Morgan fingerprint density at radius 1 is 1.24 bits per heavy atom. The summed E-state index contributed by atoms with van der Waals surface area (Å²) in [6.45, 7) is -2.63. The molecule has 1 aromatic carbocycles. The molecule has 10 heteroatoms. The summed E-state index contributed by atoms with van der Waals surface area (Å²) in [7, 11) is 1.46. The fourth-order valence-corrected chi connectivity index (χ4v) is 2.09. The van der Waals surface area contributed by atoms with E-state index in [1.807, 2.05) is 0 Å². The molecule has 0 bridgehead atoms. The van der Waals surface area contributed by atoms with Crippen LogP contribution in [0, 0.1) is 0 Å². The summed E-state index contributed by atoms with van der Waals surface area (Å²) in [4.78, 5) is 7.71. The van der Waals surface area contributed by atoms with Crippen molar-refractivity contribution < 1.29 is 22.0 Å². The predicted octanol–water partition coefficient (Wildman–Crippen LogP) is 3.16. The third-order valence-corrected chi connectivity index (χ3v) is 3.31. The Kier molecular flexibility index (Phi) is 5.94. The van der Waals surface area contributed by atoms with Gasteiger partial charge in [-0.05, 0) is 17.7 Å². The van der Waals surface area contributed by atoms with Crippen LogP contribution in [-0.2, 0) is 19.3 Å². The molecule has 1 aromatic heterocycles. The van der Waals surface area contributed by atoms with Crippen LogP contribution in [0.5, 0.6) is 0 Å². The highest BCUT2D eigenvalue weighted by molar-refractivity contribution is 5.79. The minimum absolute atomic E-state index is 0.0143. The zero-order valence-electron chi connectivity index (χ0n) is 13.2. The van der Waals surface area contributed by atoms with Gasteiger partial charge in [-0.1, -0.05) is 12.1 Å². The number of alkyl halides is 5. The van der Waals surface area contributed by atoms with Crippen LogP contribution in [0.15, 0.2) is 41.7 Å². The van der Waals surface area contributed by atoms with Crippen LogP contribution in [0.2, 0.25) is 0 Å². The maximum atomic E-state index is 12.7. The van der Waals surface area contributed by atoms with Gasteiger partial charge in [0.2, 0.25) is 0 Å². The van der Waals surface area contributed by atoms with Crippen molar-refractivity contribution in [2.24, 2.45) is 4.99 Å². The lowest BCUT2D eigenvalue weighted by Gasteiger charge is -2.13. The number of aromatic nitrogens is 2. The SMILES string of the molecule is CN=C(NCc1cccc(C(F)(F)F)c1)NCc1nccn1C(F)F. The number of aliphatic imine (C=N–C) groups is 1. The van der Waals surface area contributed by atoms with Crippen molar-refractivity contribution in [1.29, 1.82) is 0 Å². The second-order valence-electron chi connectivity index (χ2n) is 5.01. The lowest BCUT2D eigenvalue weighted by molar-refractivity contribution is -0.137. The summed E-state index contributed by atoms with van der Waals surface area (Å²) in [5.41, 5.74) is -0.333. The first kappa shape index (κ1) is 18.7. The van der Waals surface area contributed by atoms with E-state index in [-0.39, 0.29) is 24.9 Å². The summed E-state index contributed by atoms with van der Waals surface area (Å²) in [6.07, 6.45) is -2.01. The van der Waals surface area contributed by atoms with E-state index in [0.29, 0.717) is 10.1 Å². The van der Waals surface area contributed by atoms with E-state index in [2.05, 4.69) is 20.6 Å². The molecule has 0 unspecified atom stereocenters. The van der Waals surface area contributed by atoms with E-state index in [1.54, 1.807) is 6.07 Å². The van der Waals surface area contributed by atoms with Crippen molar-refractivity contribution in [3.8, 4) is 0 Å². The Hall–Kier alpha value is -2.65. The quantitative estimate of drug-likeness (QED) is 0.489. The van der Waals surface area contributed by atoms with Crippen molar-refractivity contribution >= 4 is 5.96 Å². The van der Waals surface area contributed by atoms with Gasteiger partial charge in [-0.25, -0.2) is 4.98 Å². The highest BCUT2D eigenvalue weighted by atomic mass is 19.4. The maximum absolute atomic E-state index is 12.7. The molecule has 0 atom stereocenters. The molecule has 0 aliphatic heterocycles. The lowest BCUT2D eigenvalue weighted by atomic mass is 10.1. The molecule has 136 valence electrons. The number of hydrogen-bond acceptors (Lipinski definition) is 2. The molecule has 0 saturated heterocycles. The first-order valence-corrected chi connectivity index (χ1v) is 7.21. The molecule has 0 aliphatic carbocycles. The first-order valence-electron chi connectivity index (χ1n) is 7.21. The van der Waals surface area contributed by atoms with Gasteiger partial charge in [-0.3, -0.25) is 9.56 Å². The van der Waals surface area contributed by atoms with Gasteiger partial charge < -0.3 is 10.6 Å². The van der Waals surface area contributed by atoms with E-state index in [1.165, 1.54) is 19.3 Å². The molecule has 0 aliphatic rings. The highest BCUT2D eigenvalue weighted by Crippen LogP contribution is 2.29. The second-order valence-corrected chi connectivity index (χ2v) is 5.01. The van der Waals surface area contributed by atoms with E-state index >= 15 is 0 Å². The van der Waals surface area contributed by atoms with E-state index in [0.717, 1.165) is 18.3 Å². The van der Waals surface area contributed by atoms with Crippen LogP contribution >= 0.6 is 0 Å². The van der Waals surface area contributed by atoms with Gasteiger partial charge >= 0.3 is 12.7 Å². The van der Waals surface area contributed by atoms with Crippen LogP contribution in [0.4, 0.5) is 22.0 Å². The first-order chi connectivity index (χ1) is 11.8. The van der Waals surface area contributed by atoms with Crippen molar-refractivity contribution in [2.45, 2.75) is 25.8 Å². The average molecular weight is 361 g/mol. The molecule has 2 aromatic rings. The lowest BCUT2D eigenvalue weighted by Crippen LogP contribution is -2.37. The number of nitrogens with one attached hydrogen (secondary N) is 2. The number of benzene rings is 1. The molecule has 0 saturated carbocycles. The minimum Gasteiger partial charge on any atom is -0.352 e. The number of hydrogen-bond donors (Lipinski definition) is 2. The van der Waals surface area contributed by atoms with Gasteiger partial charge in [0.05, 0.1) is 12.1 Å². The summed E-state index contributed by atoms with van der Waals surface area (Å²) in [5, 5.41) is 5.60. The summed E-state index contributed by atoms with van der Waals surface area (Å²) in [5.74, 6) is 0.359. The van der Waals surface area contributed by atoms with E-state index in [4.69, 9.17) is 0 Å². The molecule has 2 rings (SSSR count). The average Bonchev–Trinajstić information content (AvgIpc) is 3.03. The van der Waals surface area contributed by atoms with Crippen LogP contribution in [0.3, 0.4) is 0 Å². The van der Waals surface area contributed by atoms with Crippen molar-refractivity contribution in [1.82, 2.24) is 20.2 Å². The molecule has 5 nitrogen and oxygen atoms in total. The number of rotatable bonds is 5. The molecular weight excluding hydrogens is 345 g/mol. The van der Waals surface area contributed by atoms with Crippen LogP contribution in [0.1, 0.15) is 23.5 Å². The Bertz CT molecular complexity index is 723. The smallest absolute Gasteiger partial charge is 0.352 e. The van der Waals surface area contributed by atoms with Gasteiger partial charge in [-0.15, -0.1) is 0 Å². The van der Waals surface area contributed by atoms with Crippen molar-refractivity contribution in [3.63, 3.8) is 0 Å². The van der Waals surface area contributed by atoms with Crippen molar-refractivity contribution in [3.05, 3.63) is 53.6 Å². The fourth-order valence-electron chi connectivity index (χ4n) is 2.09. The third-order valence-electron chi connectivity index (χ3n) is 3.31. The van der Waals surface area contributed by atoms with Crippen molar-refractivity contribution in [2.75, 3.05) is 7.05 Å².